The van der Waals surface area contributed by atoms with E-state index < -0.39 is 5.60 Å². The summed E-state index contributed by atoms with van der Waals surface area (Å²) in [4.78, 5) is 14.0. The van der Waals surface area contributed by atoms with Crippen LogP contribution in [0.2, 0.25) is 0 Å². The van der Waals surface area contributed by atoms with Gasteiger partial charge in [-0.15, -0.1) is 0 Å². The van der Waals surface area contributed by atoms with E-state index in [1.54, 1.807) is 6.20 Å². The summed E-state index contributed by atoms with van der Waals surface area (Å²) in [5.74, 6) is 0.832. The first-order valence-electron chi connectivity index (χ1n) is 8.73. The number of aromatic amines is 1. The summed E-state index contributed by atoms with van der Waals surface area (Å²) in [6.45, 7) is 2.23. The number of hydrogen-bond acceptors (Lipinski definition) is 5. The third-order valence-corrected chi connectivity index (χ3v) is 5.19. The minimum Gasteiger partial charge on any atom is -0.382 e. The van der Waals surface area contributed by atoms with E-state index in [2.05, 4.69) is 20.7 Å². The number of hydrogen-bond donors (Lipinski definition) is 3. The monoisotopic (exact) mass is 321 g/mol. The van der Waals surface area contributed by atoms with Crippen LogP contribution in [-0.4, -0.2) is 57.5 Å². The van der Waals surface area contributed by atoms with E-state index in [1.165, 1.54) is 32.1 Å². The molecular weight excluding hydrogens is 294 g/mol. The smallest absolute Gasteiger partial charge is 0.234 e. The normalized spacial score (nSPS) is 26.5. The summed E-state index contributed by atoms with van der Waals surface area (Å²) in [6, 6.07) is 0. The number of H-pyrrole nitrogens is 1. The zero-order valence-corrected chi connectivity index (χ0v) is 13.6. The van der Waals surface area contributed by atoms with Gasteiger partial charge < -0.3 is 10.4 Å². The Bertz CT molecular complexity index is 501. The summed E-state index contributed by atoms with van der Waals surface area (Å²) < 4.78 is 0. The first-order chi connectivity index (χ1) is 11.2. The zero-order valence-electron chi connectivity index (χ0n) is 13.6. The van der Waals surface area contributed by atoms with Gasteiger partial charge >= 0.3 is 0 Å². The highest BCUT2D eigenvalue weighted by atomic mass is 16.3. The molecule has 3 N–H and O–H groups in total. The molecule has 0 spiro atoms. The number of carbonyl (C=O) groups is 1. The quantitative estimate of drug-likeness (QED) is 0.720. The second kappa shape index (κ2) is 7.40. The lowest BCUT2D eigenvalue weighted by molar-refractivity contribution is -0.122. The number of β-amino-alcohol motifs (C(OH)–C–C–N with tert-alkyl or cyclic N) is 1. The third-order valence-electron chi connectivity index (χ3n) is 5.19. The molecule has 1 saturated carbocycles. The Balaban J connectivity index is 1.37. The van der Waals surface area contributed by atoms with Crippen molar-refractivity contribution in [2.45, 2.75) is 50.5 Å². The summed E-state index contributed by atoms with van der Waals surface area (Å²) in [5, 5.41) is 23.9. The zero-order chi connectivity index (χ0) is 16.1. The van der Waals surface area contributed by atoms with Gasteiger partial charge in [-0.1, -0.05) is 32.1 Å². The Labute approximate surface area is 136 Å². The average molecular weight is 321 g/mol. The van der Waals surface area contributed by atoms with Crippen molar-refractivity contribution in [2.24, 2.45) is 5.92 Å². The lowest BCUT2D eigenvalue weighted by Gasteiger charge is -2.22. The minimum atomic E-state index is -0.991. The molecule has 0 unspecified atom stereocenters. The highest BCUT2D eigenvalue weighted by Crippen LogP contribution is 2.29. The Morgan fingerprint density at radius 1 is 1.43 bits per heavy atom. The van der Waals surface area contributed by atoms with E-state index in [1.807, 2.05) is 4.90 Å². The number of amides is 1. The van der Waals surface area contributed by atoms with Crippen molar-refractivity contribution in [3.05, 3.63) is 11.9 Å². The standard InChI is InChI=1S/C16H27N5O2/c22-15(17-8-6-13-4-2-1-3-5-13)11-21-9-7-16(23,12-21)14-10-18-20-19-14/h10,13,23H,1-9,11-12H2,(H,17,22)(H,18,19,20)/t16-/m1/s1. The first-order valence-corrected chi connectivity index (χ1v) is 8.73. The summed E-state index contributed by atoms with van der Waals surface area (Å²) in [7, 11) is 0. The molecule has 23 heavy (non-hydrogen) atoms. The third kappa shape index (κ3) is 4.29. The Morgan fingerprint density at radius 2 is 2.26 bits per heavy atom. The van der Waals surface area contributed by atoms with Crippen LogP contribution in [0, 0.1) is 5.92 Å². The number of aliphatic hydroxyl groups is 1. The number of rotatable bonds is 6. The van der Waals surface area contributed by atoms with Crippen molar-refractivity contribution < 1.29 is 9.90 Å². The van der Waals surface area contributed by atoms with Crippen LogP contribution in [0.5, 0.6) is 0 Å². The van der Waals surface area contributed by atoms with Gasteiger partial charge in [0, 0.05) is 19.6 Å². The van der Waals surface area contributed by atoms with Crippen LogP contribution in [0.1, 0.15) is 50.6 Å². The molecule has 1 aliphatic heterocycles. The second-order valence-corrected chi connectivity index (χ2v) is 6.99. The fourth-order valence-electron chi connectivity index (χ4n) is 3.79. The predicted octanol–water partition coefficient (Wildman–Crippen LogP) is 0.785. The molecular formula is C16H27N5O2. The van der Waals surface area contributed by atoms with Crippen LogP contribution < -0.4 is 5.32 Å². The largest absolute Gasteiger partial charge is 0.382 e. The molecule has 1 aromatic rings. The van der Waals surface area contributed by atoms with Crippen LogP contribution in [0.4, 0.5) is 0 Å². The Hall–Kier alpha value is -1.47. The van der Waals surface area contributed by atoms with Crippen molar-refractivity contribution in [1.82, 2.24) is 25.6 Å². The van der Waals surface area contributed by atoms with E-state index in [-0.39, 0.29) is 5.91 Å². The lowest BCUT2D eigenvalue weighted by atomic mass is 9.87. The van der Waals surface area contributed by atoms with Gasteiger partial charge in [-0.25, -0.2) is 0 Å². The number of likely N-dealkylation sites (tertiary alicyclic amines) is 1. The van der Waals surface area contributed by atoms with E-state index in [0.29, 0.717) is 31.7 Å². The van der Waals surface area contributed by atoms with Gasteiger partial charge in [0.15, 0.2) is 0 Å². The highest BCUT2D eigenvalue weighted by molar-refractivity contribution is 5.78. The lowest BCUT2D eigenvalue weighted by Crippen LogP contribution is -2.39. The topological polar surface area (TPSA) is 94.1 Å². The van der Waals surface area contributed by atoms with Gasteiger partial charge in [0.05, 0.1) is 12.7 Å². The van der Waals surface area contributed by atoms with Crippen molar-refractivity contribution >= 4 is 5.91 Å². The first kappa shape index (κ1) is 16.4. The molecule has 1 amide bonds. The molecule has 1 aliphatic carbocycles. The molecule has 0 aromatic carbocycles. The van der Waals surface area contributed by atoms with E-state index in [9.17, 15) is 9.90 Å². The van der Waals surface area contributed by atoms with E-state index in [4.69, 9.17) is 0 Å². The van der Waals surface area contributed by atoms with Crippen LogP contribution in [0.25, 0.3) is 0 Å². The molecule has 128 valence electrons. The van der Waals surface area contributed by atoms with Crippen molar-refractivity contribution in [3.63, 3.8) is 0 Å². The average Bonchev–Trinajstić information content (AvgIpc) is 3.19. The minimum absolute atomic E-state index is 0.0465. The number of nitrogens with one attached hydrogen (secondary N) is 2. The summed E-state index contributed by atoms with van der Waals surface area (Å²) in [5.41, 5.74) is -0.437. The maximum Gasteiger partial charge on any atom is 0.234 e. The maximum atomic E-state index is 12.1. The van der Waals surface area contributed by atoms with Crippen molar-refractivity contribution in [1.29, 1.82) is 0 Å². The summed E-state index contributed by atoms with van der Waals surface area (Å²) in [6.07, 6.45) is 9.89. The van der Waals surface area contributed by atoms with Gasteiger partial charge in [-0.3, -0.25) is 9.69 Å². The molecule has 2 aliphatic rings. The molecule has 1 saturated heterocycles. The maximum absolute atomic E-state index is 12.1. The fourth-order valence-corrected chi connectivity index (χ4v) is 3.79. The fraction of sp³-hybridized carbons (Fsp3) is 0.812. The van der Waals surface area contributed by atoms with Gasteiger partial charge in [-0.2, -0.15) is 15.4 Å². The molecule has 3 rings (SSSR count). The molecule has 1 atom stereocenters. The van der Waals surface area contributed by atoms with Crippen molar-refractivity contribution in [3.8, 4) is 0 Å². The molecule has 2 heterocycles. The second-order valence-electron chi connectivity index (χ2n) is 6.99. The van der Waals surface area contributed by atoms with E-state index >= 15 is 0 Å². The van der Waals surface area contributed by atoms with Gasteiger partial charge in [0.25, 0.3) is 0 Å². The summed E-state index contributed by atoms with van der Waals surface area (Å²) >= 11 is 0. The van der Waals surface area contributed by atoms with Crippen molar-refractivity contribution in [2.75, 3.05) is 26.2 Å². The predicted molar refractivity (Wildman–Crippen MR) is 85.5 cm³/mol. The Kier molecular flexibility index (Phi) is 5.27. The molecule has 1 aromatic heterocycles. The molecule has 2 fully saturated rings. The van der Waals surface area contributed by atoms with Crippen LogP contribution in [0.15, 0.2) is 6.20 Å². The highest BCUT2D eigenvalue weighted by Gasteiger charge is 2.40. The van der Waals surface area contributed by atoms with Gasteiger partial charge in [-0.05, 0) is 18.8 Å². The number of carbonyl (C=O) groups excluding carboxylic acids is 1. The van der Waals surface area contributed by atoms with Crippen LogP contribution >= 0.6 is 0 Å². The Morgan fingerprint density at radius 3 is 3.00 bits per heavy atom. The number of aromatic nitrogens is 3. The van der Waals surface area contributed by atoms with Gasteiger partial charge in [0.2, 0.25) is 5.91 Å². The molecule has 7 nitrogen and oxygen atoms in total. The molecule has 0 radical (unpaired) electrons. The SMILES string of the molecule is O=C(CN1CC[C@](O)(c2cn[nH]n2)C1)NCCC1CCCCC1. The molecule has 0 bridgehead atoms. The van der Waals surface area contributed by atoms with E-state index in [0.717, 1.165) is 18.9 Å². The van der Waals surface area contributed by atoms with Crippen LogP contribution in [0.3, 0.4) is 0 Å². The van der Waals surface area contributed by atoms with Gasteiger partial charge in [0.1, 0.15) is 11.3 Å². The van der Waals surface area contributed by atoms with Crippen LogP contribution in [-0.2, 0) is 10.4 Å². The number of nitrogens with zero attached hydrogens (tertiary/aromatic N) is 3. The molecule has 7 heteroatoms.